The average Bonchev–Trinajstić information content (AvgIpc) is 1.63. The Morgan fingerprint density at radius 1 is 1.44 bits per heavy atom. The molecule has 0 aromatic rings. The highest BCUT2D eigenvalue weighted by molar-refractivity contribution is 5.80. The van der Waals surface area contributed by atoms with Gasteiger partial charge in [0.25, 0.3) is 0 Å². The molecule has 0 atom stereocenters. The van der Waals surface area contributed by atoms with Crippen LogP contribution >= 0.6 is 0 Å². The van der Waals surface area contributed by atoms with E-state index < -0.39 is 12.8 Å². The first kappa shape index (κ1) is 8.53. The monoisotopic (exact) mass is 136 g/mol. The summed E-state index contributed by atoms with van der Waals surface area (Å²) in [6.45, 7) is 3.23. The number of carbonyl (C=O) groups is 1. The number of hydrogen-bond acceptors (Lipinski definition) is 1. The third-order valence-corrected chi connectivity index (χ3v) is 0.999. The predicted octanol–water partition coefficient (Wildman–Crippen LogP) is 1.87. The van der Waals surface area contributed by atoms with Gasteiger partial charge in [-0.05, 0) is 0 Å². The minimum atomic E-state index is -2.49. The first-order valence-electron chi connectivity index (χ1n) is 2.85. The van der Waals surface area contributed by atoms with E-state index >= 15 is 0 Å². The second-order valence-electron chi connectivity index (χ2n) is 2.22. The van der Waals surface area contributed by atoms with Crippen molar-refractivity contribution in [2.75, 3.05) is 0 Å². The van der Waals surface area contributed by atoms with E-state index in [-0.39, 0.29) is 11.7 Å². The van der Waals surface area contributed by atoms with Gasteiger partial charge in [0.05, 0.1) is 6.42 Å². The molecule has 0 aromatic carbocycles. The molecule has 9 heavy (non-hydrogen) atoms. The van der Waals surface area contributed by atoms with E-state index in [1.54, 1.807) is 13.8 Å². The molecule has 54 valence electrons. The van der Waals surface area contributed by atoms with Gasteiger partial charge in [-0.1, -0.05) is 13.8 Å². The van der Waals surface area contributed by atoms with E-state index in [0.29, 0.717) is 0 Å². The van der Waals surface area contributed by atoms with Crippen LogP contribution in [0.25, 0.3) is 0 Å². The number of ketones is 1. The maximum atomic E-state index is 11.4. The Kier molecular flexibility index (Phi) is 3.35. The second kappa shape index (κ2) is 3.54. The Bertz CT molecular complexity index is 99.2. The maximum absolute atomic E-state index is 11.4. The summed E-state index contributed by atoms with van der Waals surface area (Å²) in [4.78, 5) is 10.5. The molecule has 0 spiro atoms. The van der Waals surface area contributed by atoms with Crippen LogP contribution in [0.2, 0.25) is 0 Å². The van der Waals surface area contributed by atoms with E-state index in [1.807, 2.05) is 0 Å². The molecule has 0 saturated heterocycles. The zero-order valence-electron chi connectivity index (χ0n) is 5.53. The lowest BCUT2D eigenvalue weighted by Gasteiger charge is -2.00. The van der Waals surface area contributed by atoms with Gasteiger partial charge in [-0.15, -0.1) is 0 Å². The Hall–Kier alpha value is -0.470. The summed E-state index contributed by atoms with van der Waals surface area (Å²) in [7, 11) is 0. The van der Waals surface area contributed by atoms with Crippen molar-refractivity contribution in [1.29, 1.82) is 0 Å². The lowest BCUT2D eigenvalue weighted by atomic mass is 10.1. The topological polar surface area (TPSA) is 17.1 Å². The third kappa shape index (κ3) is 4.06. The van der Waals surface area contributed by atoms with Crippen molar-refractivity contribution in [3.8, 4) is 0 Å². The van der Waals surface area contributed by atoms with Gasteiger partial charge in [-0.2, -0.15) is 0 Å². The van der Waals surface area contributed by atoms with Gasteiger partial charge in [0.15, 0.2) is 0 Å². The molecule has 0 radical (unpaired) electrons. The van der Waals surface area contributed by atoms with Crippen molar-refractivity contribution in [2.45, 2.75) is 26.7 Å². The molecular weight excluding hydrogens is 126 g/mol. The van der Waals surface area contributed by atoms with Gasteiger partial charge in [0.2, 0.25) is 6.43 Å². The van der Waals surface area contributed by atoms with E-state index in [0.717, 1.165) is 0 Å². The smallest absolute Gasteiger partial charge is 0.245 e. The molecule has 0 unspecified atom stereocenters. The molecule has 0 aliphatic carbocycles. The van der Waals surface area contributed by atoms with Crippen LogP contribution in [0.15, 0.2) is 0 Å². The summed E-state index contributed by atoms with van der Waals surface area (Å²) in [6.07, 6.45) is -3.09. The number of halogens is 2. The molecule has 0 N–H and O–H groups in total. The number of hydrogen-bond donors (Lipinski definition) is 0. The van der Waals surface area contributed by atoms with Crippen LogP contribution in [-0.4, -0.2) is 12.2 Å². The van der Waals surface area contributed by atoms with E-state index in [2.05, 4.69) is 0 Å². The number of rotatable bonds is 3. The van der Waals surface area contributed by atoms with Crippen LogP contribution in [0.1, 0.15) is 20.3 Å². The number of carbonyl (C=O) groups excluding carboxylic acids is 1. The van der Waals surface area contributed by atoms with Crippen molar-refractivity contribution in [3.05, 3.63) is 0 Å². The normalized spacial score (nSPS) is 10.9. The minimum absolute atomic E-state index is 0.265. The van der Waals surface area contributed by atoms with E-state index in [1.165, 1.54) is 0 Å². The summed E-state index contributed by atoms with van der Waals surface area (Å²) in [5.41, 5.74) is 0. The highest BCUT2D eigenvalue weighted by Gasteiger charge is 2.13. The van der Waals surface area contributed by atoms with Crippen molar-refractivity contribution in [3.63, 3.8) is 0 Å². The minimum Gasteiger partial charge on any atom is -0.299 e. The van der Waals surface area contributed by atoms with Crippen LogP contribution in [0.4, 0.5) is 8.78 Å². The van der Waals surface area contributed by atoms with Crippen LogP contribution < -0.4 is 0 Å². The molecule has 0 aliphatic rings. The zero-order chi connectivity index (χ0) is 7.44. The highest BCUT2D eigenvalue weighted by Crippen LogP contribution is 2.05. The van der Waals surface area contributed by atoms with Crippen LogP contribution in [0.3, 0.4) is 0 Å². The van der Waals surface area contributed by atoms with Gasteiger partial charge in [-0.3, -0.25) is 4.79 Å². The molecule has 0 amide bonds. The Balaban J connectivity index is 3.51. The number of Topliss-reactive ketones (excluding diaryl/α,β-unsaturated/α-hetero) is 1. The van der Waals surface area contributed by atoms with E-state index in [4.69, 9.17) is 0 Å². The maximum Gasteiger partial charge on any atom is 0.245 e. The van der Waals surface area contributed by atoms with Gasteiger partial charge in [0, 0.05) is 5.92 Å². The van der Waals surface area contributed by atoms with Gasteiger partial charge < -0.3 is 0 Å². The Morgan fingerprint density at radius 3 is 2.00 bits per heavy atom. The molecule has 0 fully saturated rings. The van der Waals surface area contributed by atoms with E-state index in [9.17, 15) is 13.6 Å². The van der Waals surface area contributed by atoms with Gasteiger partial charge >= 0.3 is 0 Å². The fourth-order valence-electron chi connectivity index (χ4n) is 0.388. The van der Waals surface area contributed by atoms with Gasteiger partial charge in [0.1, 0.15) is 5.78 Å². The van der Waals surface area contributed by atoms with Crippen molar-refractivity contribution in [1.82, 2.24) is 0 Å². The van der Waals surface area contributed by atoms with Crippen LogP contribution in [-0.2, 0) is 4.79 Å². The molecule has 0 rings (SSSR count). The average molecular weight is 136 g/mol. The lowest BCUT2D eigenvalue weighted by Crippen LogP contribution is -2.10. The first-order valence-corrected chi connectivity index (χ1v) is 2.85. The molecule has 3 heteroatoms. The largest absolute Gasteiger partial charge is 0.299 e. The fraction of sp³-hybridized carbons (Fsp3) is 0.833. The summed E-state index contributed by atoms with van der Waals surface area (Å²) >= 11 is 0. The second-order valence-corrected chi connectivity index (χ2v) is 2.22. The number of alkyl halides is 2. The SMILES string of the molecule is CC(C)C(=O)CC(F)F. The van der Waals surface area contributed by atoms with Crippen molar-refractivity contribution >= 4 is 5.78 Å². The quantitative estimate of drug-likeness (QED) is 0.578. The van der Waals surface area contributed by atoms with Crippen molar-refractivity contribution in [2.24, 2.45) is 5.92 Å². The van der Waals surface area contributed by atoms with Gasteiger partial charge in [-0.25, -0.2) is 8.78 Å². The first-order chi connectivity index (χ1) is 4.04. The standard InChI is InChI=1S/C6H10F2O/c1-4(2)5(9)3-6(7)8/h4,6H,3H2,1-2H3. The Labute approximate surface area is 53.1 Å². The summed E-state index contributed by atoms with van der Waals surface area (Å²) in [6, 6.07) is 0. The summed E-state index contributed by atoms with van der Waals surface area (Å²) in [5.74, 6) is -0.635. The molecule has 1 nitrogen and oxygen atoms in total. The molecule has 0 saturated carbocycles. The van der Waals surface area contributed by atoms with Crippen LogP contribution in [0, 0.1) is 5.92 Å². The Morgan fingerprint density at radius 2 is 1.89 bits per heavy atom. The third-order valence-electron chi connectivity index (χ3n) is 0.999. The molecule has 0 aromatic heterocycles. The lowest BCUT2D eigenvalue weighted by molar-refractivity contribution is -0.124. The van der Waals surface area contributed by atoms with Crippen LogP contribution in [0.5, 0.6) is 0 Å². The summed E-state index contributed by atoms with van der Waals surface area (Å²) < 4.78 is 22.8. The molecule has 0 heterocycles. The molecular formula is C6H10F2O. The molecule has 0 aliphatic heterocycles. The van der Waals surface area contributed by atoms with Crippen molar-refractivity contribution < 1.29 is 13.6 Å². The highest BCUT2D eigenvalue weighted by atomic mass is 19.3. The summed E-state index contributed by atoms with van der Waals surface area (Å²) in [5, 5.41) is 0. The predicted molar refractivity (Wildman–Crippen MR) is 30.5 cm³/mol. The fourth-order valence-corrected chi connectivity index (χ4v) is 0.388. The zero-order valence-corrected chi connectivity index (χ0v) is 5.53. The molecule has 0 bridgehead atoms.